The highest BCUT2D eigenvalue weighted by atomic mass is 16.5. The van der Waals surface area contributed by atoms with Crippen molar-refractivity contribution in [2.75, 3.05) is 38.7 Å². The third-order valence-electron chi connectivity index (χ3n) is 6.43. The highest BCUT2D eigenvalue weighted by molar-refractivity contribution is 5.98. The Kier molecular flexibility index (Phi) is 8.05. The number of rotatable bonds is 10. The van der Waals surface area contributed by atoms with E-state index >= 15 is 0 Å². The number of carbonyl (C=O) groups excluding carboxylic acids is 1. The number of aliphatic hydroxyl groups excluding tert-OH is 1. The summed E-state index contributed by atoms with van der Waals surface area (Å²) < 4.78 is 11.7. The number of hydrogen-bond acceptors (Lipinski definition) is 7. The van der Waals surface area contributed by atoms with Crippen LogP contribution in [0, 0.1) is 6.92 Å². The topological polar surface area (TPSA) is 110 Å². The summed E-state index contributed by atoms with van der Waals surface area (Å²) in [6, 6.07) is 11.7. The average molecular weight is 479 g/mol. The largest absolute Gasteiger partial charge is 0.493 e. The van der Waals surface area contributed by atoms with E-state index in [2.05, 4.69) is 15.2 Å². The molecule has 1 fully saturated rings. The fraction of sp³-hybridized carbons (Fsp3) is 0.407. The van der Waals surface area contributed by atoms with Gasteiger partial charge in [0, 0.05) is 48.5 Å². The van der Waals surface area contributed by atoms with Gasteiger partial charge < -0.3 is 30.5 Å². The van der Waals surface area contributed by atoms with Crippen LogP contribution in [0.15, 0.2) is 42.6 Å². The SMILES string of the molecule is COc1cc2c(Nc3ccccc3C)c(CC(N)=O)cnc2cc1OCCCN1CCC(O)CC1. The van der Waals surface area contributed by atoms with Gasteiger partial charge in [0.1, 0.15) is 0 Å². The highest BCUT2D eigenvalue weighted by Gasteiger charge is 2.18. The Labute approximate surface area is 206 Å². The minimum atomic E-state index is -0.422. The summed E-state index contributed by atoms with van der Waals surface area (Å²) in [6.07, 6.45) is 4.15. The molecule has 0 bridgehead atoms. The van der Waals surface area contributed by atoms with Gasteiger partial charge in [-0.15, -0.1) is 0 Å². The van der Waals surface area contributed by atoms with E-state index in [1.807, 2.05) is 43.3 Å². The summed E-state index contributed by atoms with van der Waals surface area (Å²) in [5, 5.41) is 14.0. The van der Waals surface area contributed by atoms with Crippen molar-refractivity contribution in [3.8, 4) is 11.5 Å². The molecule has 0 unspecified atom stereocenters. The van der Waals surface area contributed by atoms with Gasteiger partial charge in [-0.25, -0.2) is 0 Å². The van der Waals surface area contributed by atoms with Crippen LogP contribution in [0.4, 0.5) is 11.4 Å². The molecular formula is C27H34N4O4. The second-order valence-electron chi connectivity index (χ2n) is 9.04. The second-order valence-corrected chi connectivity index (χ2v) is 9.04. The first-order valence-electron chi connectivity index (χ1n) is 12.1. The number of nitrogens with two attached hydrogens (primary N) is 1. The van der Waals surface area contributed by atoms with E-state index in [0.717, 1.165) is 72.3 Å². The number of aryl methyl sites for hydroxylation is 1. The summed E-state index contributed by atoms with van der Waals surface area (Å²) in [5.74, 6) is 0.810. The van der Waals surface area contributed by atoms with Gasteiger partial charge in [0.15, 0.2) is 11.5 Å². The number of nitrogens with zero attached hydrogens (tertiary/aromatic N) is 2. The van der Waals surface area contributed by atoms with E-state index in [9.17, 15) is 9.90 Å². The number of hydrogen-bond donors (Lipinski definition) is 3. The molecule has 1 aromatic heterocycles. The quantitative estimate of drug-likeness (QED) is 0.382. The maximum Gasteiger partial charge on any atom is 0.221 e. The molecule has 0 spiro atoms. The van der Waals surface area contributed by atoms with Gasteiger partial charge in [0.05, 0.1) is 37.4 Å². The van der Waals surface area contributed by atoms with E-state index in [4.69, 9.17) is 15.2 Å². The maximum atomic E-state index is 11.7. The number of nitrogens with one attached hydrogen (secondary N) is 1. The number of anilines is 2. The first kappa shape index (κ1) is 24.8. The van der Waals surface area contributed by atoms with Crippen LogP contribution in [0.2, 0.25) is 0 Å². The Morgan fingerprint density at radius 2 is 2.00 bits per heavy atom. The monoisotopic (exact) mass is 478 g/mol. The molecule has 8 nitrogen and oxygen atoms in total. The van der Waals surface area contributed by atoms with Crippen LogP contribution >= 0.6 is 0 Å². The summed E-state index contributed by atoms with van der Waals surface area (Å²) in [7, 11) is 1.61. The Hall–Kier alpha value is -3.36. The second kappa shape index (κ2) is 11.4. The number of aromatic nitrogens is 1. The van der Waals surface area contributed by atoms with Crippen molar-refractivity contribution >= 4 is 28.2 Å². The zero-order chi connectivity index (χ0) is 24.8. The van der Waals surface area contributed by atoms with Gasteiger partial charge in [-0.3, -0.25) is 9.78 Å². The molecule has 4 rings (SSSR count). The predicted octanol–water partition coefficient (Wildman–Crippen LogP) is 3.55. The molecular weight excluding hydrogens is 444 g/mol. The lowest BCUT2D eigenvalue weighted by molar-refractivity contribution is -0.117. The third kappa shape index (κ3) is 6.21. The number of methoxy groups -OCH3 is 1. The van der Waals surface area contributed by atoms with Crippen LogP contribution in [0.3, 0.4) is 0 Å². The summed E-state index contributed by atoms with van der Waals surface area (Å²) in [5.41, 5.74) is 9.76. The molecule has 35 heavy (non-hydrogen) atoms. The molecule has 1 aliphatic heterocycles. The number of piperidine rings is 1. The van der Waals surface area contributed by atoms with Crippen LogP contribution in [0.25, 0.3) is 10.9 Å². The van der Waals surface area contributed by atoms with Gasteiger partial charge in [-0.05, 0) is 43.9 Å². The van der Waals surface area contributed by atoms with Crippen LogP contribution < -0.4 is 20.5 Å². The number of likely N-dealkylation sites (tertiary alicyclic amines) is 1. The summed E-state index contributed by atoms with van der Waals surface area (Å²) in [6.45, 7) is 5.36. The average Bonchev–Trinajstić information content (AvgIpc) is 2.85. The molecule has 1 saturated heterocycles. The van der Waals surface area contributed by atoms with Gasteiger partial charge in [0.25, 0.3) is 0 Å². The molecule has 0 radical (unpaired) electrons. The van der Waals surface area contributed by atoms with Crippen molar-refractivity contribution in [2.45, 2.75) is 38.7 Å². The van der Waals surface area contributed by atoms with E-state index < -0.39 is 5.91 Å². The summed E-state index contributed by atoms with van der Waals surface area (Å²) >= 11 is 0. The molecule has 3 aromatic rings. The number of amides is 1. The lowest BCUT2D eigenvalue weighted by Gasteiger charge is -2.29. The van der Waals surface area contributed by atoms with Crippen LogP contribution in [0.1, 0.15) is 30.4 Å². The normalized spacial score (nSPS) is 14.7. The minimum absolute atomic E-state index is 0.0747. The van der Waals surface area contributed by atoms with Crippen molar-refractivity contribution in [3.63, 3.8) is 0 Å². The van der Waals surface area contributed by atoms with Crippen molar-refractivity contribution in [1.29, 1.82) is 0 Å². The number of pyridine rings is 1. The predicted molar refractivity (Wildman–Crippen MR) is 137 cm³/mol. The van der Waals surface area contributed by atoms with Gasteiger partial charge in [-0.1, -0.05) is 18.2 Å². The van der Waals surface area contributed by atoms with Gasteiger partial charge >= 0.3 is 0 Å². The van der Waals surface area contributed by atoms with E-state index in [1.54, 1.807) is 13.3 Å². The maximum absolute atomic E-state index is 11.7. The minimum Gasteiger partial charge on any atom is -0.493 e. The fourth-order valence-corrected chi connectivity index (χ4v) is 4.44. The molecule has 1 aliphatic rings. The molecule has 0 aliphatic carbocycles. The fourth-order valence-electron chi connectivity index (χ4n) is 4.44. The number of benzene rings is 2. The van der Waals surface area contributed by atoms with Crippen molar-refractivity contribution in [1.82, 2.24) is 9.88 Å². The molecule has 1 amide bonds. The molecule has 0 saturated carbocycles. The number of carbonyl (C=O) groups is 1. The van der Waals surface area contributed by atoms with Crippen LogP contribution in [-0.2, 0) is 11.2 Å². The molecule has 186 valence electrons. The first-order valence-corrected chi connectivity index (χ1v) is 12.1. The standard InChI is InChI=1S/C27H34N4O4/c1-18-6-3-4-7-22(18)30-27-19(14-26(28)33)17-29-23-16-25(24(34-2)15-21(23)27)35-13-5-10-31-11-8-20(32)9-12-31/h3-4,6-7,15-17,20,32H,5,8-14H2,1-2H3,(H2,28,33)(H,29,30). The lowest BCUT2D eigenvalue weighted by Crippen LogP contribution is -2.36. The molecule has 2 heterocycles. The van der Waals surface area contributed by atoms with Crippen LogP contribution in [0.5, 0.6) is 11.5 Å². The molecule has 2 aromatic carbocycles. The number of fused-ring (bicyclic) bond motifs is 1. The molecule has 0 atom stereocenters. The Morgan fingerprint density at radius 3 is 2.71 bits per heavy atom. The first-order chi connectivity index (χ1) is 16.9. The Balaban J connectivity index is 1.57. The molecule has 4 N–H and O–H groups in total. The van der Waals surface area contributed by atoms with Crippen molar-refractivity contribution in [2.24, 2.45) is 5.73 Å². The van der Waals surface area contributed by atoms with E-state index in [1.165, 1.54) is 0 Å². The third-order valence-corrected chi connectivity index (χ3v) is 6.43. The van der Waals surface area contributed by atoms with Crippen molar-refractivity contribution < 1.29 is 19.4 Å². The van der Waals surface area contributed by atoms with E-state index in [0.29, 0.717) is 18.1 Å². The summed E-state index contributed by atoms with van der Waals surface area (Å²) in [4.78, 5) is 18.7. The van der Waals surface area contributed by atoms with Gasteiger partial charge in [0.2, 0.25) is 5.91 Å². The molecule has 8 heteroatoms. The van der Waals surface area contributed by atoms with Crippen LogP contribution in [-0.4, -0.2) is 60.4 Å². The van der Waals surface area contributed by atoms with Crippen molar-refractivity contribution in [3.05, 3.63) is 53.7 Å². The Bertz CT molecular complexity index is 1180. The number of para-hydroxylation sites is 1. The zero-order valence-electron chi connectivity index (χ0n) is 20.4. The van der Waals surface area contributed by atoms with Gasteiger partial charge in [-0.2, -0.15) is 0 Å². The number of ether oxygens (including phenoxy) is 2. The number of aliphatic hydroxyl groups is 1. The smallest absolute Gasteiger partial charge is 0.221 e. The number of primary amides is 1. The highest BCUT2D eigenvalue weighted by Crippen LogP contribution is 2.38. The van der Waals surface area contributed by atoms with E-state index in [-0.39, 0.29) is 12.5 Å². The Morgan fingerprint density at radius 1 is 1.23 bits per heavy atom. The lowest BCUT2D eigenvalue weighted by atomic mass is 10.0. The zero-order valence-corrected chi connectivity index (χ0v) is 20.4.